The number of thioether (sulfide) groups is 1. The van der Waals surface area contributed by atoms with Gasteiger partial charge in [-0.15, -0.1) is 0 Å². The molecule has 0 bridgehead atoms. The van der Waals surface area contributed by atoms with E-state index in [0.717, 1.165) is 22.0 Å². The molecule has 27 heavy (non-hydrogen) atoms. The van der Waals surface area contributed by atoms with Crippen LogP contribution in [0.2, 0.25) is 0 Å². The standard InChI is InChI=1S/C21H17N3O2S/c25-13-18(14-6-2-1-3-7-14)23-21-24-20(26)19(27-21)12-15-8-4-10-17-16(15)9-5-11-22-17/h1-12,18,25H,13H2,(H,23,24,26)/b19-12-/t18-/m1/s1. The fourth-order valence-electron chi connectivity index (χ4n) is 2.92. The van der Waals surface area contributed by atoms with Crippen molar-refractivity contribution >= 4 is 39.8 Å². The van der Waals surface area contributed by atoms with Crippen LogP contribution in [0.3, 0.4) is 0 Å². The highest BCUT2D eigenvalue weighted by Gasteiger charge is 2.25. The number of amidine groups is 1. The van der Waals surface area contributed by atoms with Crippen molar-refractivity contribution in [2.75, 3.05) is 6.61 Å². The second-order valence-corrected chi connectivity index (χ2v) is 7.06. The Morgan fingerprint density at radius 3 is 2.78 bits per heavy atom. The summed E-state index contributed by atoms with van der Waals surface area (Å²) in [5, 5.41) is 13.9. The van der Waals surface area contributed by atoms with E-state index in [4.69, 9.17) is 0 Å². The molecular formula is C21H17N3O2S. The van der Waals surface area contributed by atoms with Gasteiger partial charge in [0.15, 0.2) is 5.17 Å². The Hall–Kier alpha value is -2.96. The summed E-state index contributed by atoms with van der Waals surface area (Å²) in [6, 6.07) is 18.8. The number of aliphatic hydroxyl groups excluding tert-OH is 1. The Morgan fingerprint density at radius 2 is 1.96 bits per heavy atom. The maximum absolute atomic E-state index is 12.4. The maximum Gasteiger partial charge on any atom is 0.264 e. The number of aliphatic imine (C=N–C) groups is 1. The van der Waals surface area contributed by atoms with Gasteiger partial charge in [0.25, 0.3) is 5.91 Å². The highest BCUT2D eigenvalue weighted by Crippen LogP contribution is 2.30. The van der Waals surface area contributed by atoms with Crippen molar-refractivity contribution in [2.24, 2.45) is 4.99 Å². The number of hydrogen-bond donors (Lipinski definition) is 2. The molecule has 4 rings (SSSR count). The van der Waals surface area contributed by atoms with E-state index >= 15 is 0 Å². The monoisotopic (exact) mass is 375 g/mol. The van der Waals surface area contributed by atoms with E-state index in [0.29, 0.717) is 10.1 Å². The third-order valence-corrected chi connectivity index (χ3v) is 5.17. The van der Waals surface area contributed by atoms with E-state index in [1.54, 1.807) is 6.20 Å². The summed E-state index contributed by atoms with van der Waals surface area (Å²) >= 11 is 1.28. The van der Waals surface area contributed by atoms with Crippen LogP contribution in [0.1, 0.15) is 17.2 Å². The molecule has 1 amide bonds. The minimum Gasteiger partial charge on any atom is -0.394 e. The molecule has 1 atom stereocenters. The molecule has 0 spiro atoms. The van der Waals surface area contributed by atoms with Gasteiger partial charge in [-0.3, -0.25) is 14.8 Å². The van der Waals surface area contributed by atoms with Crippen LogP contribution < -0.4 is 5.32 Å². The van der Waals surface area contributed by atoms with Gasteiger partial charge in [0.1, 0.15) is 6.04 Å². The second-order valence-electron chi connectivity index (χ2n) is 6.03. The number of aromatic nitrogens is 1. The molecule has 2 N–H and O–H groups in total. The Morgan fingerprint density at radius 1 is 1.11 bits per heavy atom. The predicted molar refractivity (Wildman–Crippen MR) is 109 cm³/mol. The Labute approximate surface area is 160 Å². The third kappa shape index (κ3) is 3.77. The molecule has 1 fully saturated rings. The van der Waals surface area contributed by atoms with E-state index in [1.165, 1.54) is 11.8 Å². The normalized spacial score (nSPS) is 18.2. The summed E-state index contributed by atoms with van der Waals surface area (Å²) in [5.41, 5.74) is 2.72. The number of hydrogen-bond acceptors (Lipinski definition) is 5. The second kappa shape index (κ2) is 7.73. The van der Waals surface area contributed by atoms with E-state index in [2.05, 4.69) is 15.3 Å². The van der Waals surface area contributed by atoms with Crippen LogP contribution in [0, 0.1) is 0 Å². The summed E-state index contributed by atoms with van der Waals surface area (Å²) in [6.45, 7) is -0.127. The predicted octanol–water partition coefficient (Wildman–Crippen LogP) is 3.53. The van der Waals surface area contributed by atoms with E-state index in [9.17, 15) is 9.90 Å². The first-order valence-electron chi connectivity index (χ1n) is 8.53. The fourth-order valence-corrected chi connectivity index (χ4v) is 3.78. The number of pyridine rings is 1. The van der Waals surface area contributed by atoms with Crippen molar-refractivity contribution in [2.45, 2.75) is 6.04 Å². The molecule has 5 nitrogen and oxygen atoms in total. The van der Waals surface area contributed by atoms with Gasteiger partial charge in [-0.05, 0) is 41.1 Å². The number of amides is 1. The van der Waals surface area contributed by atoms with E-state index in [-0.39, 0.29) is 12.5 Å². The summed E-state index contributed by atoms with van der Waals surface area (Å²) in [5.74, 6) is -0.190. The van der Waals surface area contributed by atoms with Crippen molar-refractivity contribution < 1.29 is 9.90 Å². The van der Waals surface area contributed by atoms with E-state index in [1.807, 2.05) is 66.7 Å². The number of benzene rings is 2. The van der Waals surface area contributed by atoms with Crippen LogP contribution in [-0.2, 0) is 4.79 Å². The van der Waals surface area contributed by atoms with Gasteiger partial charge in [-0.2, -0.15) is 0 Å². The average molecular weight is 375 g/mol. The Kier molecular flexibility index (Phi) is 5.00. The minimum atomic E-state index is -0.407. The smallest absolute Gasteiger partial charge is 0.264 e. The van der Waals surface area contributed by atoms with Crippen LogP contribution in [0.25, 0.3) is 17.0 Å². The van der Waals surface area contributed by atoms with Crippen LogP contribution >= 0.6 is 11.8 Å². The zero-order valence-electron chi connectivity index (χ0n) is 14.4. The maximum atomic E-state index is 12.4. The molecule has 2 heterocycles. The highest BCUT2D eigenvalue weighted by molar-refractivity contribution is 8.18. The molecule has 0 saturated carbocycles. The molecular weight excluding hydrogens is 358 g/mol. The number of aliphatic hydroxyl groups is 1. The van der Waals surface area contributed by atoms with E-state index < -0.39 is 6.04 Å². The molecule has 134 valence electrons. The minimum absolute atomic E-state index is 0.127. The average Bonchev–Trinajstić information content (AvgIpc) is 3.06. The summed E-state index contributed by atoms with van der Waals surface area (Å²) in [4.78, 5) is 21.8. The molecule has 3 aromatic rings. The lowest BCUT2D eigenvalue weighted by Crippen LogP contribution is -2.21. The molecule has 1 saturated heterocycles. The van der Waals surface area contributed by atoms with Gasteiger partial charge in [0.05, 0.1) is 17.0 Å². The fraction of sp³-hybridized carbons (Fsp3) is 0.0952. The molecule has 1 aliphatic rings. The summed E-state index contributed by atoms with van der Waals surface area (Å²) in [7, 11) is 0. The van der Waals surface area contributed by atoms with Gasteiger partial charge in [-0.1, -0.05) is 48.5 Å². The number of carbonyl (C=O) groups is 1. The molecule has 0 aliphatic carbocycles. The Balaban J connectivity index is 1.63. The zero-order valence-corrected chi connectivity index (χ0v) is 15.2. The van der Waals surface area contributed by atoms with Gasteiger partial charge in [-0.25, -0.2) is 0 Å². The molecule has 6 heteroatoms. The van der Waals surface area contributed by atoms with Gasteiger partial charge < -0.3 is 10.4 Å². The highest BCUT2D eigenvalue weighted by atomic mass is 32.2. The van der Waals surface area contributed by atoms with Crippen LogP contribution in [-0.4, -0.2) is 27.8 Å². The molecule has 0 radical (unpaired) electrons. The van der Waals surface area contributed by atoms with Crippen molar-refractivity contribution in [3.05, 3.63) is 82.9 Å². The van der Waals surface area contributed by atoms with Crippen molar-refractivity contribution in [1.82, 2.24) is 10.3 Å². The number of fused-ring (bicyclic) bond motifs is 1. The molecule has 1 aromatic heterocycles. The largest absolute Gasteiger partial charge is 0.394 e. The topological polar surface area (TPSA) is 74.6 Å². The number of rotatable bonds is 4. The summed E-state index contributed by atoms with van der Waals surface area (Å²) < 4.78 is 0. The SMILES string of the molecule is O=C1NC(=N[C@H](CO)c2ccccc2)S/C1=C\c1cccc2ncccc12. The molecule has 2 aromatic carbocycles. The van der Waals surface area contributed by atoms with Crippen molar-refractivity contribution in [1.29, 1.82) is 0 Å². The van der Waals surface area contributed by atoms with Crippen LogP contribution in [0.15, 0.2) is 76.8 Å². The lowest BCUT2D eigenvalue weighted by molar-refractivity contribution is -0.115. The van der Waals surface area contributed by atoms with Gasteiger partial charge >= 0.3 is 0 Å². The first kappa shape index (κ1) is 17.5. The van der Waals surface area contributed by atoms with Crippen LogP contribution in [0.4, 0.5) is 0 Å². The zero-order chi connectivity index (χ0) is 18.6. The van der Waals surface area contributed by atoms with Crippen molar-refractivity contribution in [3.63, 3.8) is 0 Å². The van der Waals surface area contributed by atoms with Gasteiger partial charge in [0.2, 0.25) is 0 Å². The first-order chi connectivity index (χ1) is 13.2. The summed E-state index contributed by atoms with van der Waals surface area (Å²) in [6.07, 6.45) is 3.60. The number of carbonyl (C=O) groups excluding carboxylic acids is 1. The first-order valence-corrected chi connectivity index (χ1v) is 9.34. The number of nitrogens with one attached hydrogen (secondary N) is 1. The van der Waals surface area contributed by atoms with Crippen molar-refractivity contribution in [3.8, 4) is 0 Å². The lowest BCUT2D eigenvalue weighted by atomic mass is 10.1. The van der Waals surface area contributed by atoms with Gasteiger partial charge in [0, 0.05) is 11.6 Å². The van der Waals surface area contributed by atoms with Crippen LogP contribution in [0.5, 0.6) is 0 Å². The Bertz CT molecular complexity index is 1040. The lowest BCUT2D eigenvalue weighted by Gasteiger charge is -2.10. The molecule has 0 unspecified atom stereocenters. The number of nitrogens with zero attached hydrogens (tertiary/aromatic N) is 2. The quantitative estimate of drug-likeness (QED) is 0.684. The third-order valence-electron chi connectivity index (χ3n) is 4.25. The molecule has 1 aliphatic heterocycles.